The molecule has 2 N–H and O–H groups in total. The van der Waals surface area contributed by atoms with Crippen molar-refractivity contribution in [1.82, 2.24) is 4.72 Å². The van der Waals surface area contributed by atoms with Crippen LogP contribution in [0.3, 0.4) is 0 Å². The lowest BCUT2D eigenvalue weighted by molar-refractivity contribution is -0.140. The molecule has 0 fully saturated rings. The first kappa shape index (κ1) is 14.6. The van der Waals surface area contributed by atoms with Gasteiger partial charge in [-0.2, -0.15) is 4.72 Å². The Hall–Kier alpha value is -1.48. The Kier molecular flexibility index (Phi) is 4.07. The average molecular weight is 283 g/mol. The summed E-state index contributed by atoms with van der Waals surface area (Å²) in [5, 5.41) is 8.54. The van der Waals surface area contributed by atoms with Gasteiger partial charge in [0.05, 0.1) is 12.7 Å². The van der Waals surface area contributed by atoms with Crippen molar-refractivity contribution < 1.29 is 31.5 Å². The van der Waals surface area contributed by atoms with Gasteiger partial charge in [-0.05, 0) is 13.0 Å². The molecular weight excluding hydrogens is 272 g/mol. The van der Waals surface area contributed by atoms with E-state index in [4.69, 9.17) is 5.11 Å². The highest BCUT2D eigenvalue weighted by molar-refractivity contribution is 7.89. The minimum absolute atomic E-state index is 0.347. The maximum Gasteiger partial charge on any atom is 0.305 e. The molecule has 18 heavy (non-hydrogen) atoms. The van der Waals surface area contributed by atoms with Crippen LogP contribution in [0.5, 0.6) is 0 Å². The Morgan fingerprint density at radius 3 is 2.61 bits per heavy atom. The number of rotatable bonds is 6. The molecule has 0 aromatic carbocycles. The highest BCUT2D eigenvalue weighted by Crippen LogP contribution is 2.23. The summed E-state index contributed by atoms with van der Waals surface area (Å²) in [7, 11) is -4.25. The summed E-state index contributed by atoms with van der Waals surface area (Å²) < 4.78 is 55.2. The van der Waals surface area contributed by atoms with Gasteiger partial charge in [-0.15, -0.1) is 0 Å². The third-order valence-corrected chi connectivity index (χ3v) is 3.76. The highest BCUT2D eigenvalue weighted by atomic mass is 32.2. The fourth-order valence-electron chi connectivity index (χ4n) is 1.24. The summed E-state index contributed by atoms with van der Waals surface area (Å²) in [5.74, 6) is -1.53. The lowest BCUT2D eigenvalue weighted by atomic mass is 10.0. The van der Waals surface area contributed by atoms with Crippen molar-refractivity contribution in [2.24, 2.45) is 0 Å². The van der Waals surface area contributed by atoms with Gasteiger partial charge in [0.1, 0.15) is 16.7 Å². The monoisotopic (exact) mass is 283 g/mol. The quantitative estimate of drug-likeness (QED) is 0.813. The van der Waals surface area contributed by atoms with E-state index in [9.17, 15) is 22.0 Å². The predicted octanol–water partition coefficient (Wildman–Crippen LogP) is 1.06. The number of nitrogens with one attached hydrogen (secondary N) is 1. The average Bonchev–Trinajstić information content (AvgIpc) is 2.67. The number of aliphatic carboxylic acids is 1. The number of sulfonamides is 1. The third-order valence-electron chi connectivity index (χ3n) is 2.17. The molecule has 0 aliphatic heterocycles. The second-order valence-corrected chi connectivity index (χ2v) is 5.54. The number of halogens is 2. The van der Waals surface area contributed by atoms with Crippen molar-refractivity contribution >= 4 is 16.0 Å². The number of furan rings is 1. The summed E-state index contributed by atoms with van der Waals surface area (Å²) >= 11 is 0. The molecule has 1 atom stereocenters. The third kappa shape index (κ3) is 3.26. The molecule has 0 aliphatic carbocycles. The molecule has 9 heteroatoms. The van der Waals surface area contributed by atoms with Crippen molar-refractivity contribution in [3.05, 3.63) is 18.6 Å². The van der Waals surface area contributed by atoms with Gasteiger partial charge in [-0.1, -0.05) is 0 Å². The maximum absolute atomic E-state index is 12.8. The lowest BCUT2D eigenvalue weighted by Gasteiger charge is -2.27. The molecule has 0 aliphatic rings. The van der Waals surface area contributed by atoms with Gasteiger partial charge in [-0.25, -0.2) is 17.2 Å². The molecule has 1 unspecified atom stereocenters. The van der Waals surface area contributed by atoms with Crippen LogP contribution in [-0.2, 0) is 14.8 Å². The van der Waals surface area contributed by atoms with Crippen molar-refractivity contribution in [2.45, 2.75) is 30.2 Å². The second-order valence-electron chi connectivity index (χ2n) is 3.85. The van der Waals surface area contributed by atoms with Gasteiger partial charge >= 0.3 is 5.97 Å². The zero-order chi connectivity index (χ0) is 14.0. The van der Waals surface area contributed by atoms with E-state index in [-0.39, 0.29) is 4.90 Å². The Balaban J connectivity index is 3.02. The Bertz CT molecular complexity index is 513. The normalized spacial score (nSPS) is 15.6. The smallest absolute Gasteiger partial charge is 0.305 e. The first-order chi connectivity index (χ1) is 8.17. The summed E-state index contributed by atoms with van der Waals surface area (Å²) in [6.07, 6.45) is -2.29. The van der Waals surface area contributed by atoms with Gasteiger partial charge < -0.3 is 9.52 Å². The molecule has 102 valence electrons. The molecule has 0 radical (unpaired) electrons. The molecule has 6 nitrogen and oxygen atoms in total. The van der Waals surface area contributed by atoms with Crippen LogP contribution in [0.2, 0.25) is 0 Å². The molecule has 0 saturated carbocycles. The van der Waals surface area contributed by atoms with Crippen molar-refractivity contribution in [3.63, 3.8) is 0 Å². The molecule has 1 heterocycles. The zero-order valence-corrected chi connectivity index (χ0v) is 10.1. The van der Waals surface area contributed by atoms with Crippen molar-refractivity contribution in [3.8, 4) is 0 Å². The number of alkyl halides is 2. The van der Waals surface area contributed by atoms with Crippen LogP contribution in [0.1, 0.15) is 13.3 Å². The first-order valence-corrected chi connectivity index (χ1v) is 6.22. The van der Waals surface area contributed by atoms with Crippen LogP contribution in [0, 0.1) is 0 Å². The topological polar surface area (TPSA) is 96.6 Å². The fraction of sp³-hybridized carbons (Fsp3) is 0.444. The Morgan fingerprint density at radius 1 is 1.61 bits per heavy atom. The summed E-state index contributed by atoms with van der Waals surface area (Å²) in [4.78, 5) is 10.2. The SMILES string of the molecule is CC(CC(=O)O)(NS(=O)(=O)c1ccoc1)C(F)F. The molecule has 1 rings (SSSR count). The molecule has 0 bridgehead atoms. The Labute approximate surface area is 102 Å². The lowest BCUT2D eigenvalue weighted by Crippen LogP contribution is -2.52. The van der Waals surface area contributed by atoms with E-state index in [1.165, 1.54) is 0 Å². The van der Waals surface area contributed by atoms with Crippen LogP contribution >= 0.6 is 0 Å². The van der Waals surface area contributed by atoms with E-state index in [2.05, 4.69) is 4.42 Å². The van der Waals surface area contributed by atoms with Gasteiger partial charge in [-0.3, -0.25) is 4.79 Å². The van der Waals surface area contributed by atoms with Gasteiger partial charge in [0.25, 0.3) is 6.43 Å². The van der Waals surface area contributed by atoms with Crippen LogP contribution in [0.15, 0.2) is 27.9 Å². The van der Waals surface area contributed by atoms with Gasteiger partial charge in [0.15, 0.2) is 0 Å². The number of carboxylic acids is 1. The maximum atomic E-state index is 12.8. The van der Waals surface area contributed by atoms with E-state index in [0.29, 0.717) is 0 Å². The largest absolute Gasteiger partial charge is 0.481 e. The van der Waals surface area contributed by atoms with E-state index in [0.717, 1.165) is 25.5 Å². The Morgan fingerprint density at radius 2 is 2.22 bits per heavy atom. The van der Waals surface area contributed by atoms with Crippen molar-refractivity contribution in [1.29, 1.82) is 0 Å². The summed E-state index contributed by atoms with van der Waals surface area (Å²) in [6.45, 7) is 0.823. The molecule has 1 aromatic rings. The van der Waals surface area contributed by atoms with Gasteiger partial charge in [0, 0.05) is 0 Å². The second kappa shape index (κ2) is 5.02. The zero-order valence-electron chi connectivity index (χ0n) is 9.26. The number of hydrogen-bond acceptors (Lipinski definition) is 4. The number of carbonyl (C=O) groups is 1. The molecule has 0 spiro atoms. The van der Waals surface area contributed by atoms with E-state index < -0.39 is 34.4 Å². The predicted molar refractivity (Wildman–Crippen MR) is 55.7 cm³/mol. The summed E-state index contributed by atoms with van der Waals surface area (Å²) in [5.41, 5.74) is -2.39. The van der Waals surface area contributed by atoms with E-state index in [1.807, 2.05) is 0 Å². The van der Waals surface area contributed by atoms with Crippen LogP contribution in [0.25, 0.3) is 0 Å². The molecule has 0 amide bonds. The van der Waals surface area contributed by atoms with Crippen LogP contribution in [-0.4, -0.2) is 31.5 Å². The molecule has 1 aromatic heterocycles. The van der Waals surface area contributed by atoms with E-state index >= 15 is 0 Å². The first-order valence-electron chi connectivity index (χ1n) is 4.73. The van der Waals surface area contributed by atoms with Crippen LogP contribution in [0.4, 0.5) is 8.78 Å². The van der Waals surface area contributed by atoms with Crippen LogP contribution < -0.4 is 4.72 Å². The molecule has 0 saturated heterocycles. The van der Waals surface area contributed by atoms with Gasteiger partial charge in [0.2, 0.25) is 10.0 Å². The number of hydrogen-bond donors (Lipinski definition) is 2. The minimum Gasteiger partial charge on any atom is -0.481 e. The molecular formula is C9H11F2NO5S. The minimum atomic E-state index is -4.25. The fourth-order valence-corrected chi connectivity index (χ4v) is 2.55. The highest BCUT2D eigenvalue weighted by Gasteiger charge is 2.41. The van der Waals surface area contributed by atoms with E-state index in [1.54, 1.807) is 4.72 Å². The van der Waals surface area contributed by atoms with Crippen molar-refractivity contribution in [2.75, 3.05) is 0 Å². The standard InChI is InChI=1S/C9H11F2NO5S/c1-9(8(10)11,4-7(13)14)12-18(15,16)6-2-3-17-5-6/h2-3,5,8,12H,4H2,1H3,(H,13,14). The summed E-state index contributed by atoms with van der Waals surface area (Å²) in [6, 6.07) is 1.06. The number of carboxylic acid groups (broad SMARTS) is 1.